The Kier molecular flexibility index (Phi) is 7.14. The molecule has 8 heteroatoms. The number of ketones is 1. The lowest BCUT2D eigenvalue weighted by atomic mass is 10.0. The molecule has 0 atom stereocenters. The van der Waals surface area contributed by atoms with Crippen molar-refractivity contribution in [1.29, 1.82) is 0 Å². The number of methoxy groups -OCH3 is 2. The van der Waals surface area contributed by atoms with Crippen LogP contribution in [0.3, 0.4) is 0 Å². The number of carbonyl (C=O) groups excluding carboxylic acids is 2. The van der Waals surface area contributed by atoms with Crippen molar-refractivity contribution >= 4 is 17.8 Å². The van der Waals surface area contributed by atoms with Crippen molar-refractivity contribution < 1.29 is 33.3 Å². The SMILES string of the molecule is COc1cccc(C=C2Oc3cc(OCC(=O)NCC4CCOCC4)ccc3C2=O)c1OC. The quantitative estimate of drug-likeness (QED) is 0.614. The molecule has 33 heavy (non-hydrogen) atoms. The summed E-state index contributed by atoms with van der Waals surface area (Å²) in [5.74, 6) is 2.08. The van der Waals surface area contributed by atoms with E-state index in [1.165, 1.54) is 7.11 Å². The number of hydrogen-bond donors (Lipinski definition) is 1. The van der Waals surface area contributed by atoms with E-state index in [0.717, 1.165) is 26.1 Å². The Balaban J connectivity index is 1.39. The predicted molar refractivity (Wildman–Crippen MR) is 121 cm³/mol. The maximum atomic E-state index is 12.8. The summed E-state index contributed by atoms with van der Waals surface area (Å²) in [6.45, 7) is 1.99. The summed E-state index contributed by atoms with van der Waals surface area (Å²) in [5, 5.41) is 2.90. The number of fused-ring (bicyclic) bond motifs is 1. The molecule has 0 bridgehead atoms. The van der Waals surface area contributed by atoms with Crippen molar-refractivity contribution in [3.8, 4) is 23.0 Å². The molecule has 0 saturated carbocycles. The minimum Gasteiger partial charge on any atom is -0.493 e. The lowest BCUT2D eigenvalue weighted by molar-refractivity contribution is -0.123. The van der Waals surface area contributed by atoms with Crippen LogP contribution in [0.25, 0.3) is 6.08 Å². The summed E-state index contributed by atoms with van der Waals surface area (Å²) in [7, 11) is 3.09. The number of hydrogen-bond acceptors (Lipinski definition) is 7. The summed E-state index contributed by atoms with van der Waals surface area (Å²) in [5.41, 5.74) is 1.09. The molecule has 0 radical (unpaired) electrons. The van der Waals surface area contributed by atoms with Gasteiger partial charge in [-0.25, -0.2) is 0 Å². The first-order chi connectivity index (χ1) is 16.1. The van der Waals surface area contributed by atoms with E-state index in [9.17, 15) is 9.59 Å². The smallest absolute Gasteiger partial charge is 0.257 e. The summed E-state index contributed by atoms with van der Waals surface area (Å²) in [6.07, 6.45) is 3.53. The van der Waals surface area contributed by atoms with Crippen molar-refractivity contribution in [3.63, 3.8) is 0 Å². The van der Waals surface area contributed by atoms with Crippen LogP contribution in [-0.2, 0) is 9.53 Å². The summed E-state index contributed by atoms with van der Waals surface area (Å²) >= 11 is 0. The van der Waals surface area contributed by atoms with Gasteiger partial charge in [-0.3, -0.25) is 9.59 Å². The number of Topliss-reactive ketones (excluding diaryl/α,β-unsaturated/α-hetero) is 1. The zero-order valence-electron chi connectivity index (χ0n) is 18.7. The molecule has 2 aromatic carbocycles. The van der Waals surface area contributed by atoms with Crippen molar-refractivity contribution in [3.05, 3.63) is 53.3 Å². The highest BCUT2D eigenvalue weighted by Gasteiger charge is 2.28. The molecular formula is C25H27NO7. The van der Waals surface area contributed by atoms with E-state index in [2.05, 4.69) is 5.32 Å². The predicted octanol–water partition coefficient (Wildman–Crippen LogP) is 3.24. The fourth-order valence-corrected chi connectivity index (χ4v) is 3.83. The van der Waals surface area contributed by atoms with Crippen molar-refractivity contribution in [1.82, 2.24) is 5.32 Å². The molecule has 0 aromatic heterocycles. The van der Waals surface area contributed by atoms with Gasteiger partial charge >= 0.3 is 0 Å². The Hall–Kier alpha value is -3.52. The second kappa shape index (κ2) is 10.4. The van der Waals surface area contributed by atoms with Gasteiger partial charge in [0.1, 0.15) is 11.5 Å². The van der Waals surface area contributed by atoms with Crippen LogP contribution in [0.15, 0.2) is 42.2 Å². The van der Waals surface area contributed by atoms with E-state index < -0.39 is 0 Å². The average Bonchev–Trinajstić information content (AvgIpc) is 3.16. The van der Waals surface area contributed by atoms with Crippen molar-refractivity contribution in [2.75, 3.05) is 40.6 Å². The van der Waals surface area contributed by atoms with Crippen LogP contribution >= 0.6 is 0 Å². The van der Waals surface area contributed by atoms with E-state index in [-0.39, 0.29) is 24.1 Å². The third-order valence-corrected chi connectivity index (χ3v) is 5.66. The monoisotopic (exact) mass is 453 g/mol. The molecular weight excluding hydrogens is 426 g/mol. The molecule has 1 saturated heterocycles. The zero-order chi connectivity index (χ0) is 23.2. The van der Waals surface area contributed by atoms with Crippen LogP contribution in [0.5, 0.6) is 23.0 Å². The molecule has 174 valence electrons. The third kappa shape index (κ3) is 5.28. The molecule has 1 N–H and O–H groups in total. The van der Waals surface area contributed by atoms with Crippen LogP contribution in [-0.4, -0.2) is 52.3 Å². The summed E-state index contributed by atoms with van der Waals surface area (Å²) in [6, 6.07) is 10.3. The number of benzene rings is 2. The first-order valence-corrected chi connectivity index (χ1v) is 10.9. The second-order valence-electron chi connectivity index (χ2n) is 7.83. The zero-order valence-corrected chi connectivity index (χ0v) is 18.7. The number of nitrogens with one attached hydrogen (secondary N) is 1. The lowest BCUT2D eigenvalue weighted by Gasteiger charge is -2.22. The van der Waals surface area contributed by atoms with Gasteiger partial charge in [-0.1, -0.05) is 12.1 Å². The Morgan fingerprint density at radius 3 is 2.73 bits per heavy atom. The minimum atomic E-state index is -0.240. The van der Waals surface area contributed by atoms with Crippen LogP contribution in [0.4, 0.5) is 0 Å². The average molecular weight is 453 g/mol. The van der Waals surface area contributed by atoms with Crippen molar-refractivity contribution in [2.45, 2.75) is 12.8 Å². The van der Waals surface area contributed by atoms with E-state index >= 15 is 0 Å². The Morgan fingerprint density at radius 2 is 1.97 bits per heavy atom. The van der Waals surface area contributed by atoms with Gasteiger partial charge < -0.3 is 29.0 Å². The Bertz CT molecular complexity index is 1060. The number of ether oxygens (including phenoxy) is 5. The number of amides is 1. The molecule has 4 rings (SSSR count). The minimum absolute atomic E-state index is 0.111. The fraction of sp³-hybridized carbons (Fsp3) is 0.360. The first-order valence-electron chi connectivity index (χ1n) is 10.9. The molecule has 2 aliphatic rings. The Labute approximate surface area is 192 Å². The van der Waals surface area contributed by atoms with Gasteiger partial charge in [0.2, 0.25) is 5.78 Å². The van der Waals surface area contributed by atoms with Crippen LogP contribution in [0, 0.1) is 5.92 Å². The topological polar surface area (TPSA) is 92.3 Å². The molecule has 0 aliphatic carbocycles. The highest BCUT2D eigenvalue weighted by Crippen LogP contribution is 2.37. The summed E-state index contributed by atoms with van der Waals surface area (Å²) < 4.78 is 27.5. The highest BCUT2D eigenvalue weighted by atomic mass is 16.5. The maximum Gasteiger partial charge on any atom is 0.257 e. The molecule has 0 unspecified atom stereocenters. The standard InChI is InChI=1S/C25H27NO7/c1-29-20-5-3-4-17(25(20)30-2)12-22-24(28)19-7-6-18(13-21(19)33-22)32-15-23(27)26-14-16-8-10-31-11-9-16/h3-7,12-13,16H,8-11,14-15H2,1-2H3,(H,26,27). The lowest BCUT2D eigenvalue weighted by Crippen LogP contribution is -2.35. The van der Waals surface area contributed by atoms with Crippen LogP contribution in [0.2, 0.25) is 0 Å². The molecule has 2 aliphatic heterocycles. The number of para-hydroxylation sites is 1. The van der Waals surface area contributed by atoms with E-state index in [0.29, 0.717) is 46.6 Å². The molecule has 1 amide bonds. The normalized spacial score (nSPS) is 16.8. The maximum absolute atomic E-state index is 12.8. The van der Waals surface area contributed by atoms with Gasteiger partial charge in [0, 0.05) is 31.4 Å². The van der Waals surface area contributed by atoms with E-state index in [4.69, 9.17) is 23.7 Å². The van der Waals surface area contributed by atoms with E-state index in [1.54, 1.807) is 43.5 Å². The highest BCUT2D eigenvalue weighted by molar-refractivity contribution is 6.14. The number of allylic oxidation sites excluding steroid dienone is 1. The third-order valence-electron chi connectivity index (χ3n) is 5.66. The fourth-order valence-electron chi connectivity index (χ4n) is 3.83. The molecule has 2 heterocycles. The first kappa shape index (κ1) is 22.7. The number of rotatable bonds is 8. The molecule has 2 aromatic rings. The Morgan fingerprint density at radius 1 is 1.15 bits per heavy atom. The van der Waals surface area contributed by atoms with Gasteiger partial charge in [-0.2, -0.15) is 0 Å². The van der Waals surface area contributed by atoms with Gasteiger partial charge in [-0.05, 0) is 43.0 Å². The van der Waals surface area contributed by atoms with Crippen LogP contribution in [0.1, 0.15) is 28.8 Å². The van der Waals surface area contributed by atoms with Gasteiger partial charge in [0.25, 0.3) is 5.91 Å². The molecule has 0 spiro atoms. The summed E-state index contributed by atoms with van der Waals surface area (Å²) in [4.78, 5) is 24.9. The van der Waals surface area contributed by atoms with Gasteiger partial charge in [0.15, 0.2) is 23.9 Å². The van der Waals surface area contributed by atoms with Crippen LogP contribution < -0.4 is 24.3 Å². The second-order valence-corrected chi connectivity index (χ2v) is 7.83. The van der Waals surface area contributed by atoms with E-state index in [1.807, 2.05) is 6.07 Å². The van der Waals surface area contributed by atoms with Gasteiger partial charge in [-0.15, -0.1) is 0 Å². The molecule has 8 nitrogen and oxygen atoms in total. The van der Waals surface area contributed by atoms with Gasteiger partial charge in [0.05, 0.1) is 19.8 Å². The largest absolute Gasteiger partial charge is 0.493 e. The molecule has 1 fully saturated rings. The van der Waals surface area contributed by atoms with Crippen molar-refractivity contribution in [2.24, 2.45) is 5.92 Å². The number of carbonyl (C=O) groups is 2.